The molecule has 0 fully saturated rings. The molecule has 5 rings (SSSR count). The van der Waals surface area contributed by atoms with Crippen molar-refractivity contribution in [3.63, 3.8) is 0 Å². The summed E-state index contributed by atoms with van der Waals surface area (Å²) in [5.41, 5.74) is 5.65. The molecule has 0 saturated carbocycles. The molecule has 0 aromatic heterocycles. The highest BCUT2D eigenvalue weighted by atomic mass is 16.6. The number of nitrogens with zero attached hydrogens (tertiary/aromatic N) is 1. The average Bonchev–Trinajstić information content (AvgIpc) is 3.42. The van der Waals surface area contributed by atoms with Crippen LogP contribution in [-0.4, -0.2) is 54.5 Å². The van der Waals surface area contributed by atoms with Crippen LogP contribution in [0.25, 0.3) is 11.1 Å². The number of carbonyl (C=O) groups is 4. The monoisotopic (exact) mass is 650 g/mol. The van der Waals surface area contributed by atoms with Crippen LogP contribution < -0.4 is 16.0 Å². The quantitative estimate of drug-likeness (QED) is 0.0929. The van der Waals surface area contributed by atoms with Crippen LogP contribution in [0.5, 0.6) is 0 Å². The number of carboxylic acid groups (broad SMARTS) is 1. The topological polar surface area (TPSA) is 165 Å². The lowest BCUT2D eigenvalue weighted by atomic mass is 9.98. The van der Waals surface area contributed by atoms with Gasteiger partial charge in [-0.05, 0) is 39.8 Å². The smallest absolute Gasteiger partial charge is 0.414 e. The van der Waals surface area contributed by atoms with E-state index in [9.17, 15) is 24.3 Å². The lowest BCUT2D eigenvalue weighted by molar-refractivity contribution is -0.139. The number of alkyl carbamates (subject to hydrolysis) is 3. The van der Waals surface area contributed by atoms with Gasteiger partial charge in [0.25, 0.3) is 0 Å². The Labute approximate surface area is 276 Å². The molecule has 1 aliphatic carbocycles. The van der Waals surface area contributed by atoms with E-state index in [0.717, 1.165) is 33.4 Å². The molecule has 12 nitrogen and oxygen atoms in total. The fraction of sp³-hybridized carbons (Fsp3) is 0.194. The van der Waals surface area contributed by atoms with Crippen molar-refractivity contribution in [3.05, 3.63) is 131 Å². The van der Waals surface area contributed by atoms with Gasteiger partial charge in [0, 0.05) is 12.5 Å². The normalized spacial score (nSPS) is 12.0. The maximum Gasteiger partial charge on any atom is 0.414 e. The third kappa shape index (κ3) is 9.19. The number of hydrogen-bond acceptors (Lipinski definition) is 8. The predicted molar refractivity (Wildman–Crippen MR) is 176 cm³/mol. The molecule has 246 valence electrons. The van der Waals surface area contributed by atoms with Crippen molar-refractivity contribution < 1.29 is 38.5 Å². The molecule has 3 amide bonds. The molecule has 0 aliphatic heterocycles. The number of nitrogens with one attached hydrogen (secondary N) is 3. The lowest BCUT2D eigenvalue weighted by Crippen LogP contribution is -2.45. The molecule has 0 radical (unpaired) electrons. The maximum atomic E-state index is 12.7. The zero-order chi connectivity index (χ0) is 33.7. The summed E-state index contributed by atoms with van der Waals surface area (Å²) in [6.45, 7) is -0.278. The highest BCUT2D eigenvalue weighted by Crippen LogP contribution is 2.44. The second-order valence-electron chi connectivity index (χ2n) is 10.8. The Bertz CT molecular complexity index is 1660. The van der Waals surface area contributed by atoms with Crippen LogP contribution >= 0.6 is 0 Å². The summed E-state index contributed by atoms with van der Waals surface area (Å²) in [6.07, 6.45) is -2.91. The van der Waals surface area contributed by atoms with Crippen molar-refractivity contribution in [2.24, 2.45) is 4.99 Å². The van der Waals surface area contributed by atoms with Gasteiger partial charge in [-0.15, -0.1) is 0 Å². The van der Waals surface area contributed by atoms with E-state index in [1.165, 1.54) is 0 Å². The Morgan fingerprint density at radius 2 is 1.12 bits per heavy atom. The SMILES string of the molecule is O=C(NC(=NCC[C@@H](NC(=O)OCC1c2ccccc2-c2ccccc21)C(=O)O)NC(=O)OCc1ccccc1)OCc1ccccc1. The summed E-state index contributed by atoms with van der Waals surface area (Å²) >= 11 is 0. The molecule has 48 heavy (non-hydrogen) atoms. The fourth-order valence-corrected chi connectivity index (χ4v) is 5.17. The van der Waals surface area contributed by atoms with Gasteiger partial charge in [-0.25, -0.2) is 19.2 Å². The molecule has 1 aliphatic rings. The van der Waals surface area contributed by atoms with Gasteiger partial charge in [0.15, 0.2) is 0 Å². The zero-order valence-corrected chi connectivity index (χ0v) is 25.8. The van der Waals surface area contributed by atoms with Crippen LogP contribution in [0.4, 0.5) is 14.4 Å². The van der Waals surface area contributed by atoms with Gasteiger partial charge in [-0.2, -0.15) is 0 Å². The summed E-state index contributed by atoms with van der Waals surface area (Å²) in [6, 6.07) is 32.3. The van der Waals surface area contributed by atoms with E-state index in [-0.39, 0.29) is 44.7 Å². The van der Waals surface area contributed by atoms with Crippen molar-refractivity contribution in [1.82, 2.24) is 16.0 Å². The number of benzene rings is 4. The summed E-state index contributed by atoms with van der Waals surface area (Å²) in [5, 5.41) is 16.8. The Morgan fingerprint density at radius 1 is 0.646 bits per heavy atom. The number of aliphatic imine (C=N–C) groups is 1. The third-order valence-electron chi connectivity index (χ3n) is 7.49. The predicted octanol–water partition coefficient (Wildman–Crippen LogP) is 5.58. The summed E-state index contributed by atoms with van der Waals surface area (Å²) in [5.74, 6) is -1.83. The Kier molecular flexibility index (Phi) is 11.3. The molecule has 4 N–H and O–H groups in total. The molecule has 1 atom stereocenters. The number of carbonyl (C=O) groups excluding carboxylic acids is 3. The highest BCUT2D eigenvalue weighted by molar-refractivity contribution is 6.01. The van der Waals surface area contributed by atoms with E-state index in [4.69, 9.17) is 14.2 Å². The third-order valence-corrected chi connectivity index (χ3v) is 7.49. The van der Waals surface area contributed by atoms with Gasteiger partial charge in [0.05, 0.1) is 0 Å². The van der Waals surface area contributed by atoms with Crippen LogP contribution in [0.2, 0.25) is 0 Å². The fourth-order valence-electron chi connectivity index (χ4n) is 5.17. The number of carboxylic acids is 1. The van der Waals surface area contributed by atoms with Crippen LogP contribution in [0.15, 0.2) is 114 Å². The molecule has 0 bridgehead atoms. The summed E-state index contributed by atoms with van der Waals surface area (Å²) in [4.78, 5) is 53.9. The largest absolute Gasteiger partial charge is 0.480 e. The average molecular weight is 651 g/mol. The summed E-state index contributed by atoms with van der Waals surface area (Å²) < 4.78 is 15.9. The first-order valence-corrected chi connectivity index (χ1v) is 15.2. The van der Waals surface area contributed by atoms with Crippen LogP contribution in [-0.2, 0) is 32.2 Å². The van der Waals surface area contributed by atoms with E-state index < -0.39 is 30.3 Å². The Morgan fingerprint density at radius 3 is 1.62 bits per heavy atom. The molecule has 0 unspecified atom stereocenters. The second kappa shape index (κ2) is 16.4. The van der Waals surface area contributed by atoms with Crippen LogP contribution in [0, 0.1) is 0 Å². The second-order valence-corrected chi connectivity index (χ2v) is 10.8. The number of rotatable bonds is 11. The molecular weight excluding hydrogens is 616 g/mol. The van der Waals surface area contributed by atoms with Crippen LogP contribution in [0.1, 0.15) is 34.6 Å². The summed E-state index contributed by atoms with van der Waals surface area (Å²) in [7, 11) is 0. The maximum absolute atomic E-state index is 12.7. The highest BCUT2D eigenvalue weighted by Gasteiger charge is 2.29. The Balaban J connectivity index is 1.17. The van der Waals surface area contributed by atoms with Gasteiger partial charge in [0.2, 0.25) is 5.96 Å². The standard InChI is InChI=1S/C36H34N4O8/c41-32(42)31(38-34(43)48-23-30-28-17-9-7-15-26(28)27-16-8-10-18-29(27)30)19-20-37-33(39-35(44)46-21-24-11-3-1-4-12-24)40-36(45)47-22-25-13-5-2-6-14-25/h1-18,30-31H,19-23H2,(H,38,43)(H,41,42)(H2,37,39,40,44,45)/t31-/m1/s1. The van der Waals surface area contributed by atoms with E-state index >= 15 is 0 Å². The number of aliphatic carboxylic acids is 1. The first-order valence-electron chi connectivity index (χ1n) is 15.2. The minimum Gasteiger partial charge on any atom is -0.480 e. The van der Waals surface area contributed by atoms with Crippen molar-refractivity contribution >= 4 is 30.2 Å². The van der Waals surface area contributed by atoms with Gasteiger partial charge in [-0.3, -0.25) is 15.6 Å². The van der Waals surface area contributed by atoms with Gasteiger partial charge in [-0.1, -0.05) is 109 Å². The van der Waals surface area contributed by atoms with Crippen LogP contribution in [0.3, 0.4) is 0 Å². The molecule has 0 heterocycles. The molecule has 12 heteroatoms. The number of fused-ring (bicyclic) bond motifs is 3. The van der Waals surface area contributed by atoms with E-state index in [0.29, 0.717) is 0 Å². The van der Waals surface area contributed by atoms with Gasteiger partial charge in [0.1, 0.15) is 25.9 Å². The van der Waals surface area contributed by atoms with Crippen molar-refractivity contribution in [3.8, 4) is 11.1 Å². The van der Waals surface area contributed by atoms with Crippen molar-refractivity contribution in [2.45, 2.75) is 31.6 Å². The van der Waals surface area contributed by atoms with E-state index in [1.807, 2.05) is 60.7 Å². The first kappa shape index (κ1) is 33.2. The molecule has 0 spiro atoms. The van der Waals surface area contributed by atoms with E-state index in [2.05, 4.69) is 20.9 Å². The first-order chi connectivity index (χ1) is 23.4. The molecule has 0 saturated heterocycles. The minimum atomic E-state index is -1.37. The zero-order valence-electron chi connectivity index (χ0n) is 25.8. The van der Waals surface area contributed by atoms with Crippen molar-refractivity contribution in [2.75, 3.05) is 13.2 Å². The number of amides is 3. The van der Waals surface area contributed by atoms with Gasteiger partial charge >= 0.3 is 24.2 Å². The molecule has 4 aromatic carbocycles. The number of ether oxygens (including phenoxy) is 3. The van der Waals surface area contributed by atoms with Crippen molar-refractivity contribution in [1.29, 1.82) is 0 Å². The minimum absolute atomic E-state index is 0.0124. The number of hydrogen-bond donors (Lipinski definition) is 4. The molecular formula is C36H34N4O8. The number of guanidine groups is 1. The van der Waals surface area contributed by atoms with E-state index in [1.54, 1.807) is 48.5 Å². The Hall–Kier alpha value is -6.17. The molecule has 4 aromatic rings. The lowest BCUT2D eigenvalue weighted by Gasteiger charge is -2.17. The van der Waals surface area contributed by atoms with Gasteiger partial charge < -0.3 is 24.6 Å².